The molecule has 0 bridgehead atoms. The number of esters is 1. The van der Waals surface area contributed by atoms with E-state index in [1.54, 1.807) is 43.3 Å². The predicted molar refractivity (Wildman–Crippen MR) is 114 cm³/mol. The van der Waals surface area contributed by atoms with E-state index < -0.39 is 12.1 Å². The minimum absolute atomic E-state index is 0.157. The van der Waals surface area contributed by atoms with E-state index in [0.717, 1.165) is 11.1 Å². The van der Waals surface area contributed by atoms with Gasteiger partial charge in [-0.3, -0.25) is 0 Å². The molecule has 0 aromatic heterocycles. The highest BCUT2D eigenvalue weighted by Gasteiger charge is 2.17. The van der Waals surface area contributed by atoms with E-state index in [9.17, 15) is 15.0 Å². The van der Waals surface area contributed by atoms with Crippen molar-refractivity contribution in [2.45, 2.75) is 32.4 Å². The Hall–Kier alpha value is -2.48. The van der Waals surface area contributed by atoms with E-state index in [1.165, 1.54) is 7.11 Å². The Morgan fingerprint density at radius 1 is 1.20 bits per heavy atom. The van der Waals surface area contributed by atoms with Crippen LogP contribution in [0.15, 0.2) is 36.4 Å². The van der Waals surface area contributed by atoms with E-state index in [0.29, 0.717) is 29.5 Å². The molecule has 0 saturated carbocycles. The van der Waals surface area contributed by atoms with Crippen molar-refractivity contribution >= 4 is 17.6 Å². The monoisotopic (exact) mass is 437 g/mol. The largest absolute Gasteiger partial charge is 0.508 e. The highest BCUT2D eigenvalue weighted by atomic mass is 35.5. The Labute approximate surface area is 181 Å². The van der Waals surface area contributed by atoms with Crippen LogP contribution in [0.25, 0.3) is 0 Å². The maximum absolute atomic E-state index is 11.5. The van der Waals surface area contributed by atoms with Crippen molar-refractivity contribution in [1.82, 2.24) is 5.32 Å². The van der Waals surface area contributed by atoms with Crippen LogP contribution in [0.4, 0.5) is 0 Å². The number of rotatable bonds is 11. The molecule has 3 N–H and O–H groups in total. The lowest BCUT2D eigenvalue weighted by atomic mass is 10.0. The van der Waals surface area contributed by atoms with E-state index in [1.807, 2.05) is 6.92 Å². The van der Waals surface area contributed by atoms with Crippen LogP contribution < -0.4 is 14.8 Å². The van der Waals surface area contributed by atoms with Gasteiger partial charge in [-0.15, -0.1) is 0 Å². The number of hydrogen-bond donors (Lipinski definition) is 3. The van der Waals surface area contributed by atoms with Gasteiger partial charge in [0.2, 0.25) is 0 Å². The van der Waals surface area contributed by atoms with Gasteiger partial charge in [0.1, 0.15) is 5.75 Å². The molecule has 0 spiro atoms. The molecule has 2 aromatic rings. The van der Waals surface area contributed by atoms with E-state index >= 15 is 0 Å². The second kappa shape index (κ2) is 11.6. The van der Waals surface area contributed by atoms with Crippen molar-refractivity contribution in [3.8, 4) is 17.2 Å². The topological polar surface area (TPSA) is 97.3 Å². The number of hydrogen-bond acceptors (Lipinski definition) is 7. The minimum atomic E-state index is -0.714. The summed E-state index contributed by atoms with van der Waals surface area (Å²) in [4.78, 5) is 11.5. The summed E-state index contributed by atoms with van der Waals surface area (Å²) in [7, 11) is 1.51. The molecule has 7 nitrogen and oxygen atoms in total. The van der Waals surface area contributed by atoms with Gasteiger partial charge in [0.25, 0.3) is 0 Å². The summed E-state index contributed by atoms with van der Waals surface area (Å²) in [6.07, 6.45) is -0.116. The molecular formula is C22H28ClNO6. The first-order valence-corrected chi connectivity index (χ1v) is 10.1. The van der Waals surface area contributed by atoms with E-state index in [2.05, 4.69) is 5.32 Å². The normalized spacial score (nSPS) is 12.8. The fourth-order valence-electron chi connectivity index (χ4n) is 2.89. The number of methoxy groups -OCH3 is 1. The average Bonchev–Trinajstić information content (AvgIpc) is 2.73. The number of aromatic hydroxyl groups is 1. The SMILES string of the molecule is CCOC(=O)COc1cc(Cl)c(CCN[C@@H](C)[C@H](O)c2ccc(O)cc2)cc1OC. The smallest absolute Gasteiger partial charge is 0.344 e. The van der Waals surface area contributed by atoms with Gasteiger partial charge in [-0.25, -0.2) is 4.79 Å². The van der Waals surface area contributed by atoms with Crippen molar-refractivity contribution in [2.24, 2.45) is 0 Å². The molecule has 0 aliphatic rings. The van der Waals surface area contributed by atoms with Crippen LogP contribution in [0.5, 0.6) is 17.2 Å². The van der Waals surface area contributed by atoms with Gasteiger partial charge >= 0.3 is 5.97 Å². The summed E-state index contributed by atoms with van der Waals surface area (Å²) < 4.78 is 15.7. The number of nitrogens with one attached hydrogen (secondary N) is 1. The summed E-state index contributed by atoms with van der Waals surface area (Å²) in [5.74, 6) is 0.522. The van der Waals surface area contributed by atoms with Crippen LogP contribution >= 0.6 is 11.6 Å². The van der Waals surface area contributed by atoms with Crippen LogP contribution in [0, 0.1) is 0 Å². The molecule has 2 aromatic carbocycles. The summed E-state index contributed by atoms with van der Waals surface area (Å²) in [5.41, 5.74) is 1.56. The van der Waals surface area contributed by atoms with E-state index in [4.69, 9.17) is 25.8 Å². The van der Waals surface area contributed by atoms with Crippen molar-refractivity contribution in [3.63, 3.8) is 0 Å². The molecule has 0 saturated heterocycles. The standard InChI is InChI=1S/C22H28ClNO6/c1-4-29-21(26)13-30-20-12-18(23)16(11-19(20)28-3)9-10-24-14(2)22(27)15-5-7-17(25)8-6-15/h5-8,11-12,14,22,24-25,27H,4,9-10,13H2,1-3H3/t14-,22-/m0/s1. The summed E-state index contributed by atoms with van der Waals surface area (Å²) in [6.45, 7) is 4.23. The molecule has 0 unspecified atom stereocenters. The average molecular weight is 438 g/mol. The van der Waals surface area contributed by atoms with Crippen molar-refractivity contribution < 1.29 is 29.2 Å². The molecule has 0 fully saturated rings. The zero-order valence-electron chi connectivity index (χ0n) is 17.4. The predicted octanol–water partition coefficient (Wildman–Crippen LogP) is 3.25. The number of ether oxygens (including phenoxy) is 3. The van der Waals surface area contributed by atoms with E-state index in [-0.39, 0.29) is 25.0 Å². The van der Waals surface area contributed by atoms with Gasteiger partial charge in [-0.2, -0.15) is 0 Å². The van der Waals surface area contributed by atoms with Gasteiger partial charge in [0.15, 0.2) is 18.1 Å². The summed E-state index contributed by atoms with van der Waals surface area (Å²) in [6, 6.07) is 9.65. The number of carbonyl (C=O) groups is 1. The zero-order chi connectivity index (χ0) is 22.1. The van der Waals surface area contributed by atoms with Crippen LogP contribution in [0.3, 0.4) is 0 Å². The van der Waals surface area contributed by atoms with Crippen LogP contribution in [-0.4, -0.2) is 49.1 Å². The number of halogens is 1. The second-order valence-corrected chi connectivity index (χ2v) is 7.12. The lowest BCUT2D eigenvalue weighted by molar-refractivity contribution is -0.145. The lowest BCUT2D eigenvalue weighted by Gasteiger charge is -2.21. The van der Waals surface area contributed by atoms with Gasteiger partial charge in [-0.05, 0) is 56.1 Å². The molecule has 2 atom stereocenters. The number of phenols is 1. The molecule has 0 aliphatic heterocycles. The highest BCUT2D eigenvalue weighted by Crippen LogP contribution is 2.33. The minimum Gasteiger partial charge on any atom is -0.508 e. The quantitative estimate of drug-likeness (QED) is 0.464. The summed E-state index contributed by atoms with van der Waals surface area (Å²) >= 11 is 6.37. The first-order valence-electron chi connectivity index (χ1n) is 9.70. The Morgan fingerprint density at radius 2 is 1.90 bits per heavy atom. The first kappa shape index (κ1) is 23.8. The molecule has 8 heteroatoms. The van der Waals surface area contributed by atoms with Gasteiger partial charge < -0.3 is 29.7 Å². The molecule has 164 valence electrons. The van der Waals surface area contributed by atoms with Crippen molar-refractivity contribution in [1.29, 1.82) is 0 Å². The lowest BCUT2D eigenvalue weighted by Crippen LogP contribution is -2.33. The molecule has 30 heavy (non-hydrogen) atoms. The number of benzene rings is 2. The maximum atomic E-state index is 11.5. The number of aliphatic hydroxyl groups is 1. The zero-order valence-corrected chi connectivity index (χ0v) is 18.1. The Bertz CT molecular complexity index is 827. The second-order valence-electron chi connectivity index (χ2n) is 6.72. The Kier molecular flexibility index (Phi) is 9.23. The molecular weight excluding hydrogens is 410 g/mol. The van der Waals surface area contributed by atoms with Crippen molar-refractivity contribution in [2.75, 3.05) is 26.9 Å². The molecule has 2 rings (SSSR count). The highest BCUT2D eigenvalue weighted by molar-refractivity contribution is 6.31. The van der Waals surface area contributed by atoms with Gasteiger partial charge in [0, 0.05) is 17.1 Å². The molecule has 0 heterocycles. The number of phenolic OH excluding ortho intramolecular Hbond substituents is 1. The summed E-state index contributed by atoms with van der Waals surface area (Å²) in [5, 5.41) is 23.6. The van der Waals surface area contributed by atoms with Crippen LogP contribution in [-0.2, 0) is 16.0 Å². The third-order valence-electron chi connectivity index (χ3n) is 4.55. The van der Waals surface area contributed by atoms with Gasteiger partial charge in [-0.1, -0.05) is 23.7 Å². The maximum Gasteiger partial charge on any atom is 0.344 e. The molecule has 0 amide bonds. The van der Waals surface area contributed by atoms with Crippen LogP contribution in [0.2, 0.25) is 5.02 Å². The Balaban J connectivity index is 1.94. The molecule has 0 aliphatic carbocycles. The Morgan fingerprint density at radius 3 is 2.53 bits per heavy atom. The van der Waals surface area contributed by atoms with Gasteiger partial charge in [0.05, 0.1) is 19.8 Å². The fourth-order valence-corrected chi connectivity index (χ4v) is 3.13. The van der Waals surface area contributed by atoms with Crippen LogP contribution in [0.1, 0.15) is 31.1 Å². The van der Waals surface area contributed by atoms with Crippen molar-refractivity contribution in [3.05, 3.63) is 52.5 Å². The third kappa shape index (κ3) is 6.79. The number of carbonyl (C=O) groups excluding carboxylic acids is 1. The fraction of sp³-hybridized carbons (Fsp3) is 0.409. The number of aliphatic hydroxyl groups excluding tert-OH is 1. The molecule has 0 radical (unpaired) electrons. The first-order chi connectivity index (χ1) is 14.3. The third-order valence-corrected chi connectivity index (χ3v) is 4.90.